The van der Waals surface area contributed by atoms with Crippen LogP contribution >= 0.6 is 0 Å². The molecular weight excluding hydrogens is 464 g/mol. The van der Waals surface area contributed by atoms with Gasteiger partial charge in [0, 0.05) is 12.8 Å². The van der Waals surface area contributed by atoms with Gasteiger partial charge in [0.25, 0.3) is 0 Å². The van der Waals surface area contributed by atoms with Gasteiger partial charge in [-0.25, -0.2) is 4.79 Å². The highest BCUT2D eigenvalue weighted by atomic mass is 16.4. The molecule has 1 aromatic rings. The van der Waals surface area contributed by atoms with Crippen LogP contribution in [-0.2, 0) is 30.4 Å². The fourth-order valence-electron chi connectivity index (χ4n) is 3.04. The largest absolute Gasteiger partial charge is 0.481 e. The number of carboxylic acids is 2. The highest BCUT2D eigenvalue weighted by Gasteiger charge is 2.34. The van der Waals surface area contributed by atoms with Crippen LogP contribution in [0.2, 0.25) is 0 Å². The van der Waals surface area contributed by atoms with Gasteiger partial charge in [0.1, 0.15) is 12.1 Å². The number of carboxylic acid groups (broad SMARTS) is 2. The third-order valence-corrected chi connectivity index (χ3v) is 5.03. The van der Waals surface area contributed by atoms with Crippen molar-refractivity contribution >= 4 is 29.7 Å². The zero-order chi connectivity index (χ0) is 26.7. The van der Waals surface area contributed by atoms with Crippen molar-refractivity contribution in [3.63, 3.8) is 0 Å². The summed E-state index contributed by atoms with van der Waals surface area (Å²) in [5.74, 6) is -5.40. The summed E-state index contributed by atoms with van der Waals surface area (Å²) in [5.41, 5.74) is 6.37. The van der Waals surface area contributed by atoms with Crippen molar-refractivity contribution in [1.82, 2.24) is 16.0 Å². The Labute approximate surface area is 201 Å². The van der Waals surface area contributed by atoms with Crippen molar-refractivity contribution in [2.45, 2.75) is 69.5 Å². The normalized spacial score (nSPS) is 16.0. The Bertz CT molecular complexity index is 892. The minimum atomic E-state index is -1.69. The first-order chi connectivity index (χ1) is 16.3. The predicted octanol–water partition coefficient (Wildman–Crippen LogP) is -2.28. The van der Waals surface area contributed by atoms with Crippen LogP contribution in [0.25, 0.3) is 0 Å². The second kappa shape index (κ2) is 14.0. The van der Waals surface area contributed by atoms with Crippen LogP contribution in [0.1, 0.15) is 32.3 Å². The van der Waals surface area contributed by atoms with Gasteiger partial charge >= 0.3 is 11.9 Å². The lowest BCUT2D eigenvalue weighted by atomic mass is 10.0. The smallest absolute Gasteiger partial charge is 0.328 e. The molecule has 0 heterocycles. The molecule has 1 rings (SSSR count). The molecule has 194 valence electrons. The third-order valence-electron chi connectivity index (χ3n) is 5.03. The van der Waals surface area contributed by atoms with Gasteiger partial charge in [0.05, 0.1) is 18.2 Å². The van der Waals surface area contributed by atoms with Gasteiger partial charge in [-0.05, 0) is 25.8 Å². The van der Waals surface area contributed by atoms with Crippen molar-refractivity contribution in [2.75, 3.05) is 0 Å². The molecule has 9 N–H and O–H groups in total. The van der Waals surface area contributed by atoms with Crippen LogP contribution in [0.15, 0.2) is 30.3 Å². The Kier molecular flexibility index (Phi) is 11.8. The number of rotatable bonds is 14. The summed E-state index contributed by atoms with van der Waals surface area (Å²) in [5, 5.41) is 44.3. The summed E-state index contributed by atoms with van der Waals surface area (Å²) in [4.78, 5) is 60.1. The molecule has 6 unspecified atom stereocenters. The molecule has 0 radical (unpaired) electrons. The van der Waals surface area contributed by atoms with Crippen LogP contribution in [0, 0.1) is 0 Å². The van der Waals surface area contributed by atoms with Crippen molar-refractivity contribution in [2.24, 2.45) is 5.73 Å². The number of nitrogens with two attached hydrogens (primary N) is 1. The molecule has 0 aliphatic heterocycles. The number of amides is 3. The Hall–Kier alpha value is -3.55. The molecule has 13 heteroatoms. The van der Waals surface area contributed by atoms with Gasteiger partial charge in [0.2, 0.25) is 17.7 Å². The highest BCUT2D eigenvalue weighted by molar-refractivity contribution is 5.94. The first-order valence-corrected chi connectivity index (χ1v) is 10.8. The lowest BCUT2D eigenvalue weighted by Crippen LogP contribution is -2.61. The Morgan fingerprint density at radius 3 is 1.86 bits per heavy atom. The van der Waals surface area contributed by atoms with Crippen LogP contribution in [0.4, 0.5) is 0 Å². The number of hydrogen-bond acceptors (Lipinski definition) is 8. The average molecular weight is 497 g/mol. The fourth-order valence-corrected chi connectivity index (χ4v) is 3.04. The van der Waals surface area contributed by atoms with Crippen LogP contribution in [0.5, 0.6) is 0 Å². The maximum absolute atomic E-state index is 13.0. The standard InChI is InChI=1S/C22H32N4O9/c1-11(27)17(21(33)26-18(12(2)28)22(34)35)25-20(32)15(10-13-6-4-3-5-7-13)24-19(31)14(23)8-9-16(29)30/h3-7,11-12,14-15,17-18,27-28H,8-10,23H2,1-2H3,(H,24,31)(H,25,32)(H,26,33)(H,29,30)(H,34,35). The van der Waals surface area contributed by atoms with E-state index in [9.17, 15) is 34.2 Å². The molecule has 0 saturated carbocycles. The van der Waals surface area contributed by atoms with Crippen molar-refractivity contribution in [1.29, 1.82) is 0 Å². The lowest BCUT2D eigenvalue weighted by molar-refractivity contribution is -0.146. The van der Waals surface area contributed by atoms with Gasteiger partial charge in [-0.1, -0.05) is 30.3 Å². The highest BCUT2D eigenvalue weighted by Crippen LogP contribution is 2.07. The van der Waals surface area contributed by atoms with Crippen LogP contribution < -0.4 is 21.7 Å². The van der Waals surface area contributed by atoms with Crippen LogP contribution in [-0.4, -0.2) is 86.5 Å². The molecule has 0 saturated heterocycles. The molecule has 0 aliphatic carbocycles. The minimum Gasteiger partial charge on any atom is -0.481 e. The zero-order valence-electron chi connectivity index (χ0n) is 19.4. The van der Waals surface area contributed by atoms with Gasteiger partial charge in [-0.3, -0.25) is 19.2 Å². The first-order valence-electron chi connectivity index (χ1n) is 10.8. The number of aliphatic hydroxyl groups excluding tert-OH is 2. The van der Waals surface area contributed by atoms with E-state index in [-0.39, 0.29) is 19.3 Å². The van der Waals surface area contributed by atoms with E-state index in [2.05, 4.69) is 16.0 Å². The Morgan fingerprint density at radius 1 is 0.829 bits per heavy atom. The van der Waals surface area contributed by atoms with Crippen molar-refractivity contribution < 1.29 is 44.4 Å². The molecule has 3 amide bonds. The van der Waals surface area contributed by atoms with Crippen molar-refractivity contribution in [3.8, 4) is 0 Å². The number of carbonyl (C=O) groups excluding carboxylic acids is 3. The summed E-state index contributed by atoms with van der Waals surface area (Å²) < 4.78 is 0. The summed E-state index contributed by atoms with van der Waals surface area (Å²) in [6.07, 6.45) is -3.48. The SMILES string of the molecule is CC(O)C(NC(=O)C(NC(=O)C(Cc1ccccc1)NC(=O)C(N)CCC(=O)O)C(C)O)C(=O)O. The molecule has 13 nitrogen and oxygen atoms in total. The molecule has 0 bridgehead atoms. The monoisotopic (exact) mass is 496 g/mol. The molecule has 0 aromatic heterocycles. The number of aliphatic carboxylic acids is 2. The molecule has 1 aromatic carbocycles. The minimum absolute atomic E-state index is 0.0242. The van der Waals surface area contributed by atoms with E-state index in [0.29, 0.717) is 5.56 Å². The summed E-state index contributed by atoms with van der Waals surface area (Å²) in [7, 11) is 0. The molecule has 35 heavy (non-hydrogen) atoms. The molecule has 0 spiro atoms. The van der Waals surface area contributed by atoms with Crippen LogP contribution in [0.3, 0.4) is 0 Å². The number of aliphatic hydroxyl groups is 2. The van der Waals surface area contributed by atoms with E-state index < -0.39 is 66.0 Å². The summed E-state index contributed by atoms with van der Waals surface area (Å²) >= 11 is 0. The number of hydrogen-bond donors (Lipinski definition) is 8. The molecule has 0 fully saturated rings. The Balaban J connectivity index is 3.06. The predicted molar refractivity (Wildman–Crippen MR) is 122 cm³/mol. The molecule has 6 atom stereocenters. The van der Waals surface area contributed by atoms with Gasteiger partial charge < -0.3 is 42.1 Å². The lowest BCUT2D eigenvalue weighted by Gasteiger charge is -2.27. The number of nitrogens with one attached hydrogen (secondary N) is 3. The topological polar surface area (TPSA) is 228 Å². The molecular formula is C22H32N4O9. The second-order valence-electron chi connectivity index (χ2n) is 8.08. The van der Waals surface area contributed by atoms with E-state index >= 15 is 0 Å². The third kappa shape index (κ3) is 10.1. The van der Waals surface area contributed by atoms with E-state index in [1.54, 1.807) is 30.3 Å². The summed E-state index contributed by atoms with van der Waals surface area (Å²) in [6.45, 7) is 2.34. The van der Waals surface area contributed by atoms with E-state index in [1.807, 2.05) is 0 Å². The number of carbonyl (C=O) groups is 5. The number of benzene rings is 1. The maximum atomic E-state index is 13.0. The van der Waals surface area contributed by atoms with Gasteiger partial charge in [-0.15, -0.1) is 0 Å². The zero-order valence-corrected chi connectivity index (χ0v) is 19.4. The fraction of sp³-hybridized carbons (Fsp3) is 0.500. The first kappa shape index (κ1) is 29.5. The van der Waals surface area contributed by atoms with Gasteiger partial charge in [0.15, 0.2) is 6.04 Å². The Morgan fingerprint density at radius 2 is 1.37 bits per heavy atom. The second-order valence-corrected chi connectivity index (χ2v) is 8.08. The van der Waals surface area contributed by atoms with E-state index in [0.717, 1.165) is 6.92 Å². The quantitative estimate of drug-likeness (QED) is 0.138. The molecule has 0 aliphatic rings. The maximum Gasteiger partial charge on any atom is 0.328 e. The summed E-state index contributed by atoms with van der Waals surface area (Å²) in [6, 6.07) is 2.76. The van der Waals surface area contributed by atoms with E-state index in [4.69, 9.17) is 15.9 Å². The van der Waals surface area contributed by atoms with Gasteiger partial charge in [-0.2, -0.15) is 0 Å². The van der Waals surface area contributed by atoms with E-state index in [1.165, 1.54) is 6.92 Å². The average Bonchev–Trinajstić information content (AvgIpc) is 2.78. The van der Waals surface area contributed by atoms with Crippen molar-refractivity contribution in [3.05, 3.63) is 35.9 Å².